The van der Waals surface area contributed by atoms with Crippen molar-refractivity contribution < 1.29 is 46.9 Å². The fourth-order valence-corrected chi connectivity index (χ4v) is 4.19. The molecule has 0 aromatic rings. The molecule has 7 nitrogen and oxygen atoms in total. The molecule has 3 atom stereocenters. The second kappa shape index (κ2) is 9.88. The predicted molar refractivity (Wildman–Crippen MR) is 108 cm³/mol. The van der Waals surface area contributed by atoms with Crippen LogP contribution < -0.4 is 0 Å². The summed E-state index contributed by atoms with van der Waals surface area (Å²) in [5.41, 5.74) is -3.98. The van der Waals surface area contributed by atoms with Crippen molar-refractivity contribution in [3.63, 3.8) is 0 Å². The number of rotatable bonds is 10. The van der Waals surface area contributed by atoms with Crippen LogP contribution >= 0.6 is 0 Å². The maximum Gasteiger partial charge on any atom is 0.418 e. The molecule has 0 aromatic heterocycles. The minimum atomic E-state index is -4.83. The zero-order valence-corrected chi connectivity index (χ0v) is 18.2. The number of hydrogen-bond donors (Lipinski definition) is 3. The Morgan fingerprint density at radius 1 is 1.18 bits per heavy atom. The SMILES string of the molecule is CC(F)(F)C1=NC2=C(C(F)(F)F)C=CCC2C(C)(C(O)CN(CCC(=O)O)CCC(=O)O)C1. The molecule has 3 N–H and O–H groups in total. The van der Waals surface area contributed by atoms with E-state index in [9.17, 15) is 36.6 Å². The minimum Gasteiger partial charge on any atom is -0.481 e. The van der Waals surface area contributed by atoms with Gasteiger partial charge in [0, 0.05) is 44.3 Å². The molecule has 12 heteroatoms. The number of aliphatic carboxylic acids is 2. The van der Waals surface area contributed by atoms with Gasteiger partial charge in [0.05, 0.1) is 35.9 Å². The maximum absolute atomic E-state index is 14.2. The van der Waals surface area contributed by atoms with Gasteiger partial charge in [0.25, 0.3) is 5.92 Å². The second-order valence-corrected chi connectivity index (χ2v) is 8.72. The van der Waals surface area contributed by atoms with E-state index < -0.39 is 64.9 Å². The Morgan fingerprint density at radius 2 is 1.73 bits per heavy atom. The lowest BCUT2D eigenvalue weighted by molar-refractivity contribution is -0.137. The Labute approximate surface area is 187 Å². The summed E-state index contributed by atoms with van der Waals surface area (Å²) in [4.78, 5) is 26.9. The third-order valence-electron chi connectivity index (χ3n) is 6.15. The normalized spacial score (nSPS) is 24.5. The van der Waals surface area contributed by atoms with E-state index in [4.69, 9.17) is 10.2 Å². The smallest absolute Gasteiger partial charge is 0.418 e. The van der Waals surface area contributed by atoms with Crippen molar-refractivity contribution in [2.75, 3.05) is 19.6 Å². The first-order valence-corrected chi connectivity index (χ1v) is 10.3. The Bertz CT molecular complexity index is 844. The molecule has 0 saturated carbocycles. The van der Waals surface area contributed by atoms with Gasteiger partial charge in [0.1, 0.15) is 0 Å². The highest BCUT2D eigenvalue weighted by Crippen LogP contribution is 2.51. The molecule has 3 unspecified atom stereocenters. The molecule has 186 valence electrons. The van der Waals surface area contributed by atoms with Gasteiger partial charge >= 0.3 is 18.1 Å². The molecule has 0 saturated heterocycles. The molecule has 0 aromatic carbocycles. The third-order valence-corrected chi connectivity index (χ3v) is 6.15. The van der Waals surface area contributed by atoms with E-state index in [2.05, 4.69) is 4.99 Å². The summed E-state index contributed by atoms with van der Waals surface area (Å²) in [7, 11) is 0. The maximum atomic E-state index is 14.2. The van der Waals surface area contributed by atoms with E-state index in [-0.39, 0.29) is 38.9 Å². The predicted octanol–water partition coefficient (Wildman–Crippen LogP) is 3.50. The summed E-state index contributed by atoms with van der Waals surface area (Å²) in [6, 6.07) is 0. The van der Waals surface area contributed by atoms with E-state index in [1.807, 2.05) is 0 Å². The van der Waals surface area contributed by atoms with Gasteiger partial charge in [0.2, 0.25) is 0 Å². The van der Waals surface area contributed by atoms with Crippen LogP contribution in [0.1, 0.15) is 39.5 Å². The van der Waals surface area contributed by atoms with Crippen LogP contribution in [-0.4, -0.2) is 75.7 Å². The van der Waals surface area contributed by atoms with Gasteiger partial charge in [-0.05, 0) is 6.42 Å². The van der Waals surface area contributed by atoms with E-state index in [1.54, 1.807) is 0 Å². The molecule has 2 aliphatic rings. The third kappa shape index (κ3) is 6.59. The van der Waals surface area contributed by atoms with E-state index in [0.29, 0.717) is 6.92 Å². The van der Waals surface area contributed by atoms with Crippen LogP contribution in [0.15, 0.2) is 28.4 Å². The number of alkyl halides is 5. The first-order chi connectivity index (χ1) is 15.1. The van der Waals surface area contributed by atoms with Crippen molar-refractivity contribution >= 4 is 17.7 Å². The number of fused-ring (bicyclic) bond motifs is 1. The lowest BCUT2D eigenvalue weighted by Crippen LogP contribution is -2.52. The number of hydrogen-bond acceptors (Lipinski definition) is 5. The van der Waals surface area contributed by atoms with Crippen LogP contribution in [0.4, 0.5) is 22.0 Å². The number of allylic oxidation sites excluding steroid dienone is 4. The Kier molecular flexibility index (Phi) is 8.06. The first-order valence-electron chi connectivity index (χ1n) is 10.3. The molecule has 1 aliphatic carbocycles. The highest BCUT2D eigenvalue weighted by Gasteiger charge is 2.52. The van der Waals surface area contributed by atoms with Crippen molar-refractivity contribution in [1.82, 2.24) is 4.90 Å². The quantitative estimate of drug-likeness (QED) is 0.411. The van der Waals surface area contributed by atoms with Crippen molar-refractivity contribution in [3.8, 4) is 0 Å². The molecule has 1 aliphatic heterocycles. The molecule has 0 amide bonds. The first kappa shape index (κ1) is 26.9. The molecule has 0 bridgehead atoms. The monoisotopic (exact) mass is 482 g/mol. The Balaban J connectivity index is 2.44. The van der Waals surface area contributed by atoms with Crippen molar-refractivity contribution in [2.24, 2.45) is 16.3 Å². The van der Waals surface area contributed by atoms with Crippen LogP contribution in [-0.2, 0) is 9.59 Å². The van der Waals surface area contributed by atoms with E-state index in [0.717, 1.165) is 6.08 Å². The van der Waals surface area contributed by atoms with E-state index >= 15 is 0 Å². The average Bonchev–Trinajstić information content (AvgIpc) is 2.67. The van der Waals surface area contributed by atoms with Gasteiger partial charge in [-0.2, -0.15) is 13.2 Å². The summed E-state index contributed by atoms with van der Waals surface area (Å²) in [6.45, 7) is 1.39. The number of carbonyl (C=O) groups is 2. The summed E-state index contributed by atoms with van der Waals surface area (Å²) >= 11 is 0. The van der Waals surface area contributed by atoms with Gasteiger partial charge in [-0.1, -0.05) is 19.1 Å². The number of aliphatic hydroxyl groups excluding tert-OH is 1. The Hall–Kier alpha value is -2.34. The number of halogens is 5. The topological polar surface area (TPSA) is 110 Å². The second-order valence-electron chi connectivity index (χ2n) is 8.72. The standard InChI is InChI=1S/C21H27F5N2O5/c1-19(15(29)11-28(8-6-16(30)31)9-7-17(32)33)10-14(20(2,22)23)27-18-12(19)4-3-5-13(18)21(24,25)26/h3,5,12,15,29H,4,6-11H2,1-2H3,(H,30,31)(H,32,33). The van der Waals surface area contributed by atoms with Crippen LogP contribution in [0.5, 0.6) is 0 Å². The molecule has 0 spiro atoms. The number of carboxylic acids is 2. The zero-order chi connectivity index (χ0) is 25.2. The molecule has 2 rings (SSSR count). The van der Waals surface area contributed by atoms with Gasteiger partial charge in [-0.25, -0.2) is 8.78 Å². The van der Waals surface area contributed by atoms with Crippen LogP contribution in [0.2, 0.25) is 0 Å². The van der Waals surface area contributed by atoms with Crippen LogP contribution in [0, 0.1) is 11.3 Å². The average molecular weight is 482 g/mol. The van der Waals surface area contributed by atoms with Crippen LogP contribution in [0.25, 0.3) is 0 Å². The fraction of sp³-hybridized carbons (Fsp3) is 0.667. The lowest BCUT2D eigenvalue weighted by Gasteiger charge is -2.47. The summed E-state index contributed by atoms with van der Waals surface area (Å²) < 4.78 is 69.2. The molecule has 1 heterocycles. The van der Waals surface area contributed by atoms with E-state index in [1.165, 1.54) is 17.9 Å². The number of carboxylic acid groups (broad SMARTS) is 2. The molecule has 33 heavy (non-hydrogen) atoms. The highest BCUT2D eigenvalue weighted by atomic mass is 19.4. The molecular formula is C21H27F5N2O5. The molecular weight excluding hydrogens is 455 g/mol. The minimum absolute atomic E-state index is 0.0405. The lowest BCUT2D eigenvalue weighted by atomic mass is 9.63. The fourth-order valence-electron chi connectivity index (χ4n) is 4.19. The Morgan fingerprint density at radius 3 is 2.18 bits per heavy atom. The number of aliphatic hydroxyl groups is 1. The number of aliphatic imine (C=N–C) groups is 1. The van der Waals surface area contributed by atoms with Gasteiger partial charge in [0.15, 0.2) is 0 Å². The molecule has 0 fully saturated rings. The number of nitrogens with zero attached hydrogens (tertiary/aromatic N) is 2. The van der Waals surface area contributed by atoms with Crippen LogP contribution in [0.3, 0.4) is 0 Å². The van der Waals surface area contributed by atoms with Gasteiger partial charge < -0.3 is 15.3 Å². The van der Waals surface area contributed by atoms with Crippen molar-refractivity contribution in [3.05, 3.63) is 23.4 Å². The molecule has 0 radical (unpaired) electrons. The summed E-state index contributed by atoms with van der Waals surface area (Å²) in [5, 5.41) is 28.9. The largest absolute Gasteiger partial charge is 0.481 e. The van der Waals surface area contributed by atoms with Crippen molar-refractivity contribution in [1.29, 1.82) is 0 Å². The van der Waals surface area contributed by atoms with Gasteiger partial charge in [-0.3, -0.25) is 19.5 Å². The van der Waals surface area contributed by atoms with Crippen molar-refractivity contribution in [2.45, 2.75) is 57.7 Å². The zero-order valence-electron chi connectivity index (χ0n) is 18.2. The summed E-state index contributed by atoms with van der Waals surface area (Å²) in [6.07, 6.45) is -5.40. The summed E-state index contributed by atoms with van der Waals surface area (Å²) in [5.74, 6) is -6.86. The highest BCUT2D eigenvalue weighted by molar-refractivity contribution is 5.93. The van der Waals surface area contributed by atoms with Gasteiger partial charge in [-0.15, -0.1) is 0 Å².